The minimum Gasteiger partial charge on any atom is -0.363 e. The number of nitrogens with zero attached hydrogens (tertiary/aromatic N) is 3. The van der Waals surface area contributed by atoms with Gasteiger partial charge in [0.25, 0.3) is 0 Å². The van der Waals surface area contributed by atoms with Gasteiger partial charge in [0.1, 0.15) is 0 Å². The summed E-state index contributed by atoms with van der Waals surface area (Å²) in [5.74, 6) is 0.289. The maximum atomic E-state index is 12.2. The van der Waals surface area contributed by atoms with Crippen LogP contribution in [-0.4, -0.2) is 40.6 Å². The Morgan fingerprint density at radius 1 is 1.45 bits per heavy atom. The van der Waals surface area contributed by atoms with E-state index in [1.165, 1.54) is 6.20 Å². The zero-order chi connectivity index (χ0) is 14.6. The summed E-state index contributed by atoms with van der Waals surface area (Å²) < 4.78 is 26.9. The summed E-state index contributed by atoms with van der Waals surface area (Å²) in [7, 11) is -3.62. The molecule has 20 heavy (non-hydrogen) atoms. The van der Waals surface area contributed by atoms with Gasteiger partial charge in [-0.05, 0) is 19.5 Å². The molecule has 0 saturated carbocycles. The van der Waals surface area contributed by atoms with Crippen molar-refractivity contribution in [2.45, 2.75) is 31.3 Å². The fourth-order valence-electron chi connectivity index (χ4n) is 1.64. The van der Waals surface area contributed by atoms with E-state index >= 15 is 0 Å². The van der Waals surface area contributed by atoms with Crippen molar-refractivity contribution in [1.82, 2.24) is 35.6 Å². The average molecular weight is 299 g/mol. The molecule has 0 aromatic carbocycles. The van der Waals surface area contributed by atoms with E-state index in [1.54, 1.807) is 13.0 Å². The molecular formula is C10H17N7O2S. The van der Waals surface area contributed by atoms with Crippen LogP contribution in [0.5, 0.6) is 0 Å². The van der Waals surface area contributed by atoms with Crippen molar-refractivity contribution in [3.8, 4) is 0 Å². The van der Waals surface area contributed by atoms with Crippen LogP contribution in [0.25, 0.3) is 0 Å². The van der Waals surface area contributed by atoms with Crippen molar-refractivity contribution in [1.29, 1.82) is 0 Å². The standard InChI is InChI=1S/C10H17N7O2S/c1-3-11-5-8-4-9(6-12-8)20(18,19)15-7(2)10-13-16-17-14-10/h4,6-7,11-12,15H,3,5H2,1-2H3,(H,13,14,16,17). The molecule has 10 heteroatoms. The van der Waals surface area contributed by atoms with E-state index in [4.69, 9.17) is 0 Å². The van der Waals surface area contributed by atoms with E-state index in [-0.39, 0.29) is 10.7 Å². The van der Waals surface area contributed by atoms with Crippen LogP contribution in [0.4, 0.5) is 0 Å². The van der Waals surface area contributed by atoms with Gasteiger partial charge in [-0.25, -0.2) is 13.1 Å². The van der Waals surface area contributed by atoms with Crippen molar-refractivity contribution in [3.63, 3.8) is 0 Å². The SMILES string of the molecule is CCNCc1cc(S(=O)(=O)NC(C)c2nn[nH]n2)c[nH]1. The summed E-state index contributed by atoms with van der Waals surface area (Å²) in [4.78, 5) is 3.10. The fraction of sp³-hybridized carbons (Fsp3) is 0.500. The average Bonchev–Trinajstić information content (AvgIpc) is 3.07. The lowest BCUT2D eigenvalue weighted by molar-refractivity contribution is 0.560. The first-order valence-corrected chi connectivity index (χ1v) is 7.65. The molecule has 0 saturated heterocycles. The molecule has 2 aromatic heterocycles. The number of nitrogens with one attached hydrogen (secondary N) is 4. The molecular weight excluding hydrogens is 282 g/mol. The highest BCUT2D eigenvalue weighted by Crippen LogP contribution is 2.14. The molecule has 1 atom stereocenters. The number of H-pyrrole nitrogens is 2. The lowest BCUT2D eigenvalue weighted by atomic mass is 10.4. The van der Waals surface area contributed by atoms with E-state index in [9.17, 15) is 8.42 Å². The van der Waals surface area contributed by atoms with Gasteiger partial charge in [-0.2, -0.15) is 5.21 Å². The lowest BCUT2D eigenvalue weighted by Crippen LogP contribution is -2.27. The Morgan fingerprint density at radius 3 is 2.90 bits per heavy atom. The van der Waals surface area contributed by atoms with Gasteiger partial charge in [0.15, 0.2) is 5.82 Å². The van der Waals surface area contributed by atoms with Crippen molar-refractivity contribution >= 4 is 10.0 Å². The number of aromatic amines is 2. The molecule has 4 N–H and O–H groups in total. The first kappa shape index (κ1) is 14.6. The zero-order valence-corrected chi connectivity index (χ0v) is 12.0. The first-order chi connectivity index (χ1) is 9.53. The Hall–Kier alpha value is -1.78. The van der Waals surface area contributed by atoms with Gasteiger partial charge >= 0.3 is 0 Å². The molecule has 1 unspecified atom stereocenters. The van der Waals surface area contributed by atoms with Crippen molar-refractivity contribution in [2.24, 2.45) is 0 Å². The molecule has 2 aromatic rings. The quantitative estimate of drug-likeness (QED) is 0.554. The van der Waals surface area contributed by atoms with Crippen LogP contribution in [0.3, 0.4) is 0 Å². The molecule has 0 aliphatic rings. The Morgan fingerprint density at radius 2 is 2.25 bits per heavy atom. The van der Waals surface area contributed by atoms with Crippen LogP contribution in [0, 0.1) is 0 Å². The maximum absolute atomic E-state index is 12.2. The molecule has 0 fully saturated rings. The van der Waals surface area contributed by atoms with Crippen LogP contribution in [0.1, 0.15) is 31.4 Å². The highest BCUT2D eigenvalue weighted by atomic mass is 32.2. The Balaban J connectivity index is 2.08. The normalized spacial score (nSPS) is 13.5. The summed E-state index contributed by atoms with van der Waals surface area (Å²) in [6.07, 6.45) is 1.46. The topological polar surface area (TPSA) is 128 Å². The van der Waals surface area contributed by atoms with Gasteiger partial charge < -0.3 is 10.3 Å². The summed E-state index contributed by atoms with van der Waals surface area (Å²) in [6.45, 7) is 5.03. The molecule has 0 aliphatic heterocycles. The number of hydrogen-bond donors (Lipinski definition) is 4. The highest BCUT2D eigenvalue weighted by molar-refractivity contribution is 7.89. The molecule has 0 bridgehead atoms. The van der Waals surface area contributed by atoms with E-state index < -0.39 is 16.1 Å². The first-order valence-electron chi connectivity index (χ1n) is 6.16. The molecule has 9 nitrogen and oxygen atoms in total. The van der Waals surface area contributed by atoms with Crippen molar-refractivity contribution in [2.75, 3.05) is 6.54 Å². The number of sulfonamides is 1. The van der Waals surface area contributed by atoms with Gasteiger partial charge in [-0.3, -0.25) is 0 Å². The Kier molecular flexibility index (Phi) is 4.47. The predicted molar refractivity (Wildman–Crippen MR) is 71.1 cm³/mol. The largest absolute Gasteiger partial charge is 0.363 e. The smallest absolute Gasteiger partial charge is 0.242 e. The van der Waals surface area contributed by atoms with Crippen LogP contribution < -0.4 is 10.0 Å². The Bertz CT molecular complexity index is 634. The van der Waals surface area contributed by atoms with E-state index in [2.05, 4.69) is 35.6 Å². The number of aromatic nitrogens is 5. The summed E-state index contributed by atoms with van der Waals surface area (Å²) >= 11 is 0. The van der Waals surface area contributed by atoms with E-state index in [1.807, 2.05) is 6.92 Å². The third-order valence-electron chi connectivity index (χ3n) is 2.67. The molecule has 0 aliphatic carbocycles. The molecule has 2 rings (SSSR count). The summed E-state index contributed by atoms with van der Waals surface area (Å²) in [5.41, 5.74) is 0.805. The second kappa shape index (κ2) is 6.11. The highest BCUT2D eigenvalue weighted by Gasteiger charge is 2.21. The van der Waals surface area contributed by atoms with E-state index in [0.29, 0.717) is 6.54 Å². The van der Waals surface area contributed by atoms with E-state index in [0.717, 1.165) is 12.2 Å². The Labute approximate surface area is 116 Å². The molecule has 2 heterocycles. The van der Waals surface area contributed by atoms with Gasteiger partial charge in [0.2, 0.25) is 10.0 Å². The van der Waals surface area contributed by atoms with Gasteiger partial charge in [0, 0.05) is 18.4 Å². The third-order valence-corrected chi connectivity index (χ3v) is 4.19. The number of hydrogen-bond acceptors (Lipinski definition) is 6. The monoisotopic (exact) mass is 299 g/mol. The molecule has 0 spiro atoms. The van der Waals surface area contributed by atoms with Crippen LogP contribution in [0.2, 0.25) is 0 Å². The third kappa shape index (κ3) is 3.40. The van der Waals surface area contributed by atoms with Crippen LogP contribution >= 0.6 is 0 Å². The van der Waals surface area contributed by atoms with Crippen LogP contribution in [0.15, 0.2) is 17.2 Å². The number of rotatable bonds is 7. The second-order valence-corrected chi connectivity index (χ2v) is 5.97. The predicted octanol–water partition coefficient (Wildman–Crippen LogP) is -0.323. The maximum Gasteiger partial charge on any atom is 0.242 e. The number of tetrazole rings is 1. The van der Waals surface area contributed by atoms with Gasteiger partial charge in [-0.1, -0.05) is 12.1 Å². The molecule has 0 radical (unpaired) electrons. The minimum atomic E-state index is -3.62. The summed E-state index contributed by atoms with van der Waals surface area (Å²) in [6, 6.07) is 1.03. The molecule has 110 valence electrons. The van der Waals surface area contributed by atoms with Gasteiger partial charge in [-0.15, -0.1) is 10.2 Å². The zero-order valence-electron chi connectivity index (χ0n) is 11.2. The van der Waals surface area contributed by atoms with Crippen molar-refractivity contribution < 1.29 is 8.42 Å². The van der Waals surface area contributed by atoms with Gasteiger partial charge in [0.05, 0.1) is 10.9 Å². The minimum absolute atomic E-state index is 0.181. The lowest BCUT2D eigenvalue weighted by Gasteiger charge is -2.09. The summed E-state index contributed by atoms with van der Waals surface area (Å²) in [5, 5.41) is 16.3. The molecule has 0 amide bonds. The van der Waals surface area contributed by atoms with Crippen molar-refractivity contribution in [3.05, 3.63) is 23.8 Å². The second-order valence-electron chi connectivity index (χ2n) is 4.25. The fourth-order valence-corrected chi connectivity index (χ4v) is 2.86. The van der Waals surface area contributed by atoms with Crippen LogP contribution in [-0.2, 0) is 16.6 Å².